The van der Waals surface area contributed by atoms with E-state index in [1.54, 1.807) is 0 Å². The Morgan fingerprint density at radius 3 is 2.94 bits per heavy atom. The van der Waals surface area contributed by atoms with Gasteiger partial charge in [-0.1, -0.05) is 6.42 Å². The molecular formula is C13H26N2O2. The number of rotatable bonds is 6. The Morgan fingerprint density at radius 1 is 1.53 bits per heavy atom. The molecule has 0 spiro atoms. The van der Waals surface area contributed by atoms with Crippen molar-refractivity contribution in [3.8, 4) is 0 Å². The number of amides is 1. The minimum Gasteiger partial charge on any atom is -0.377 e. The molecule has 1 fully saturated rings. The summed E-state index contributed by atoms with van der Waals surface area (Å²) >= 11 is 0. The third-order valence-electron chi connectivity index (χ3n) is 3.34. The first kappa shape index (κ1) is 14.5. The van der Waals surface area contributed by atoms with Crippen LogP contribution in [0.25, 0.3) is 0 Å². The minimum absolute atomic E-state index is 0.0950. The van der Waals surface area contributed by atoms with Crippen molar-refractivity contribution in [2.75, 3.05) is 13.2 Å². The molecule has 3 unspecified atom stereocenters. The van der Waals surface area contributed by atoms with Crippen LogP contribution in [0.1, 0.15) is 46.0 Å². The summed E-state index contributed by atoms with van der Waals surface area (Å²) in [4.78, 5) is 11.7. The van der Waals surface area contributed by atoms with Gasteiger partial charge < -0.3 is 15.8 Å². The van der Waals surface area contributed by atoms with Crippen LogP contribution in [0.4, 0.5) is 0 Å². The fourth-order valence-electron chi connectivity index (χ4n) is 2.45. The molecular weight excluding hydrogens is 216 g/mol. The second-order valence-electron chi connectivity index (χ2n) is 5.07. The van der Waals surface area contributed by atoms with Crippen LogP contribution in [0.3, 0.4) is 0 Å². The molecule has 1 aliphatic rings. The lowest BCUT2D eigenvalue weighted by atomic mass is 9.84. The van der Waals surface area contributed by atoms with Crippen LogP contribution in [0.5, 0.6) is 0 Å². The third kappa shape index (κ3) is 6.03. The van der Waals surface area contributed by atoms with Gasteiger partial charge >= 0.3 is 0 Å². The Kier molecular flexibility index (Phi) is 6.52. The summed E-state index contributed by atoms with van der Waals surface area (Å²) in [5.74, 6) is 0.608. The number of carbonyl (C=O) groups is 1. The number of hydrogen-bond donors (Lipinski definition) is 2. The maximum atomic E-state index is 11.7. The van der Waals surface area contributed by atoms with Gasteiger partial charge in [-0.2, -0.15) is 0 Å². The number of nitrogens with two attached hydrogens (primary N) is 1. The van der Waals surface area contributed by atoms with Crippen molar-refractivity contribution in [2.45, 2.75) is 58.1 Å². The first-order valence-corrected chi connectivity index (χ1v) is 6.75. The largest absolute Gasteiger partial charge is 0.377 e. The van der Waals surface area contributed by atoms with Crippen molar-refractivity contribution >= 4 is 5.91 Å². The zero-order chi connectivity index (χ0) is 12.7. The van der Waals surface area contributed by atoms with Crippen LogP contribution in [0.15, 0.2) is 0 Å². The maximum Gasteiger partial charge on any atom is 0.220 e. The lowest BCUT2D eigenvalue weighted by Gasteiger charge is -2.26. The minimum atomic E-state index is 0.0950. The Labute approximate surface area is 104 Å². The van der Waals surface area contributed by atoms with E-state index in [0.29, 0.717) is 31.5 Å². The van der Waals surface area contributed by atoms with Crippen molar-refractivity contribution < 1.29 is 9.53 Å². The number of ether oxygens (including phenoxy) is 1. The van der Waals surface area contributed by atoms with Crippen LogP contribution >= 0.6 is 0 Å². The Balaban J connectivity index is 2.15. The Hall–Kier alpha value is -0.610. The van der Waals surface area contributed by atoms with Crippen LogP contribution in [0.2, 0.25) is 0 Å². The summed E-state index contributed by atoms with van der Waals surface area (Å²) in [5.41, 5.74) is 5.91. The lowest BCUT2D eigenvalue weighted by Crippen LogP contribution is -2.35. The third-order valence-corrected chi connectivity index (χ3v) is 3.34. The molecule has 100 valence electrons. The molecule has 0 aliphatic heterocycles. The first-order chi connectivity index (χ1) is 8.11. The highest BCUT2D eigenvalue weighted by molar-refractivity contribution is 5.76. The van der Waals surface area contributed by atoms with Gasteiger partial charge in [0.2, 0.25) is 5.91 Å². The molecule has 1 saturated carbocycles. The number of carbonyl (C=O) groups excluding carboxylic acids is 1. The van der Waals surface area contributed by atoms with Crippen LogP contribution in [0, 0.1) is 5.92 Å². The van der Waals surface area contributed by atoms with E-state index in [0.717, 1.165) is 25.7 Å². The van der Waals surface area contributed by atoms with Crippen molar-refractivity contribution in [1.29, 1.82) is 0 Å². The summed E-state index contributed by atoms with van der Waals surface area (Å²) in [6.45, 7) is 5.22. The van der Waals surface area contributed by atoms with Gasteiger partial charge in [0.1, 0.15) is 0 Å². The molecule has 0 aromatic rings. The Bertz CT molecular complexity index is 233. The van der Waals surface area contributed by atoms with Crippen molar-refractivity contribution in [3.63, 3.8) is 0 Å². The molecule has 1 rings (SSSR count). The highest BCUT2D eigenvalue weighted by Crippen LogP contribution is 2.25. The average Bonchev–Trinajstić information content (AvgIpc) is 2.27. The average molecular weight is 242 g/mol. The van der Waals surface area contributed by atoms with Crippen molar-refractivity contribution in [2.24, 2.45) is 11.7 Å². The molecule has 0 radical (unpaired) electrons. The van der Waals surface area contributed by atoms with Crippen LogP contribution < -0.4 is 11.1 Å². The monoisotopic (exact) mass is 242 g/mol. The highest BCUT2D eigenvalue weighted by atomic mass is 16.5. The number of hydrogen-bond acceptors (Lipinski definition) is 3. The van der Waals surface area contributed by atoms with E-state index in [1.807, 2.05) is 13.8 Å². The van der Waals surface area contributed by atoms with Crippen LogP contribution in [-0.2, 0) is 9.53 Å². The molecule has 4 heteroatoms. The molecule has 0 heterocycles. The van der Waals surface area contributed by atoms with E-state index in [1.165, 1.54) is 0 Å². The molecule has 1 aliphatic carbocycles. The molecule has 0 bridgehead atoms. The molecule has 17 heavy (non-hydrogen) atoms. The maximum absolute atomic E-state index is 11.7. The topological polar surface area (TPSA) is 64.3 Å². The van der Waals surface area contributed by atoms with Crippen molar-refractivity contribution in [1.82, 2.24) is 5.32 Å². The molecule has 3 atom stereocenters. The van der Waals surface area contributed by atoms with E-state index < -0.39 is 0 Å². The van der Waals surface area contributed by atoms with Gasteiger partial charge in [-0.3, -0.25) is 4.79 Å². The second-order valence-corrected chi connectivity index (χ2v) is 5.07. The number of nitrogens with one attached hydrogen (secondary N) is 1. The van der Waals surface area contributed by atoms with Gasteiger partial charge in [0.25, 0.3) is 0 Å². The first-order valence-electron chi connectivity index (χ1n) is 6.75. The molecule has 0 saturated heterocycles. The van der Waals surface area contributed by atoms with Gasteiger partial charge in [-0.15, -0.1) is 0 Å². The summed E-state index contributed by atoms with van der Waals surface area (Å²) in [7, 11) is 0. The molecule has 3 N–H and O–H groups in total. The van der Waals surface area contributed by atoms with Gasteiger partial charge in [0, 0.05) is 25.6 Å². The zero-order valence-electron chi connectivity index (χ0n) is 11.1. The highest BCUT2D eigenvalue weighted by Gasteiger charge is 2.21. The molecule has 1 amide bonds. The van der Waals surface area contributed by atoms with Gasteiger partial charge in [0.05, 0.1) is 6.10 Å². The quantitative estimate of drug-likeness (QED) is 0.740. The normalized spacial score (nSPS) is 26.5. The van der Waals surface area contributed by atoms with Crippen LogP contribution in [-0.4, -0.2) is 31.2 Å². The van der Waals surface area contributed by atoms with E-state index in [2.05, 4.69) is 5.32 Å². The summed E-state index contributed by atoms with van der Waals surface area (Å²) < 4.78 is 5.36. The SMILES string of the molecule is CCOC(C)CNC(=O)CC1CCCC(N)C1. The van der Waals surface area contributed by atoms with E-state index >= 15 is 0 Å². The fourth-order valence-corrected chi connectivity index (χ4v) is 2.45. The second kappa shape index (κ2) is 7.67. The predicted octanol–water partition coefficient (Wildman–Crippen LogP) is 1.44. The zero-order valence-corrected chi connectivity index (χ0v) is 11.1. The van der Waals surface area contributed by atoms with Gasteiger partial charge in [-0.25, -0.2) is 0 Å². The predicted molar refractivity (Wildman–Crippen MR) is 68.6 cm³/mol. The van der Waals surface area contributed by atoms with Crippen molar-refractivity contribution in [3.05, 3.63) is 0 Å². The van der Waals surface area contributed by atoms with E-state index in [9.17, 15) is 4.79 Å². The van der Waals surface area contributed by atoms with E-state index in [4.69, 9.17) is 10.5 Å². The van der Waals surface area contributed by atoms with E-state index in [-0.39, 0.29) is 12.0 Å². The van der Waals surface area contributed by atoms with Gasteiger partial charge in [-0.05, 0) is 39.0 Å². The van der Waals surface area contributed by atoms with Gasteiger partial charge in [0.15, 0.2) is 0 Å². The summed E-state index contributed by atoms with van der Waals surface area (Å²) in [5, 5.41) is 2.92. The molecule has 4 nitrogen and oxygen atoms in total. The smallest absolute Gasteiger partial charge is 0.220 e. The Morgan fingerprint density at radius 2 is 2.29 bits per heavy atom. The molecule has 0 aromatic carbocycles. The fraction of sp³-hybridized carbons (Fsp3) is 0.923. The lowest BCUT2D eigenvalue weighted by molar-refractivity contribution is -0.122. The summed E-state index contributed by atoms with van der Waals surface area (Å²) in [6.07, 6.45) is 5.12. The summed E-state index contributed by atoms with van der Waals surface area (Å²) in [6, 6.07) is 0.295. The standard InChI is InChI=1S/C13H26N2O2/c1-3-17-10(2)9-15-13(16)8-11-5-4-6-12(14)7-11/h10-12H,3-9,14H2,1-2H3,(H,15,16). The molecule has 0 aromatic heterocycles.